The highest BCUT2D eigenvalue weighted by Crippen LogP contribution is 2.26. The monoisotopic (exact) mass is 256 g/mol. The van der Waals surface area contributed by atoms with E-state index in [9.17, 15) is 0 Å². The molecule has 5 heteroatoms. The van der Waals surface area contributed by atoms with Crippen LogP contribution in [-0.4, -0.2) is 20.2 Å². The second kappa shape index (κ2) is 4.58. The third-order valence-electron chi connectivity index (χ3n) is 2.59. The van der Waals surface area contributed by atoms with E-state index in [-0.39, 0.29) is 0 Å². The summed E-state index contributed by atoms with van der Waals surface area (Å²) in [7, 11) is 0. The Morgan fingerprint density at radius 3 is 2.39 bits per heavy atom. The van der Waals surface area contributed by atoms with Crippen LogP contribution in [0.2, 0.25) is 5.02 Å². The third kappa shape index (κ3) is 1.87. The normalized spacial score (nSPS) is 10.5. The van der Waals surface area contributed by atoms with Gasteiger partial charge in [-0.3, -0.25) is 0 Å². The Bertz CT molecular complexity index is 664. The fourth-order valence-corrected chi connectivity index (χ4v) is 1.96. The molecule has 0 aliphatic rings. The zero-order valence-electron chi connectivity index (χ0n) is 9.36. The zero-order valence-corrected chi connectivity index (χ0v) is 10.1. The van der Waals surface area contributed by atoms with Gasteiger partial charge in [-0.2, -0.15) is 4.68 Å². The van der Waals surface area contributed by atoms with E-state index < -0.39 is 0 Å². The lowest BCUT2D eigenvalue weighted by Gasteiger charge is -2.05. The van der Waals surface area contributed by atoms with Crippen molar-refractivity contribution in [3.8, 4) is 17.1 Å². The van der Waals surface area contributed by atoms with Gasteiger partial charge in [-0.1, -0.05) is 41.9 Å². The minimum absolute atomic E-state index is 0.629. The Labute approximate surface area is 109 Å². The Hall–Kier alpha value is -2.20. The smallest absolute Gasteiger partial charge is 0.188 e. The summed E-state index contributed by atoms with van der Waals surface area (Å²) in [5.74, 6) is 0.631. The second-order valence-electron chi connectivity index (χ2n) is 3.73. The van der Waals surface area contributed by atoms with E-state index in [1.807, 2.05) is 54.6 Å². The predicted molar refractivity (Wildman–Crippen MR) is 69.6 cm³/mol. The van der Waals surface area contributed by atoms with Gasteiger partial charge in [0.05, 0.1) is 10.7 Å². The first-order chi connectivity index (χ1) is 8.86. The highest BCUT2D eigenvalue weighted by Gasteiger charge is 2.12. The van der Waals surface area contributed by atoms with Crippen LogP contribution in [0.25, 0.3) is 17.1 Å². The van der Waals surface area contributed by atoms with Crippen LogP contribution in [0.3, 0.4) is 0 Å². The first-order valence-electron chi connectivity index (χ1n) is 5.45. The van der Waals surface area contributed by atoms with Gasteiger partial charge in [0.2, 0.25) is 0 Å². The van der Waals surface area contributed by atoms with E-state index in [4.69, 9.17) is 11.6 Å². The molecule has 3 rings (SSSR count). The van der Waals surface area contributed by atoms with Gasteiger partial charge < -0.3 is 0 Å². The van der Waals surface area contributed by atoms with Crippen LogP contribution in [0, 0.1) is 0 Å². The summed E-state index contributed by atoms with van der Waals surface area (Å²) in [6.45, 7) is 0. The highest BCUT2D eigenvalue weighted by molar-refractivity contribution is 6.33. The number of benzene rings is 2. The number of hydrogen-bond acceptors (Lipinski definition) is 3. The molecule has 0 aliphatic carbocycles. The van der Waals surface area contributed by atoms with E-state index in [0.29, 0.717) is 10.8 Å². The maximum absolute atomic E-state index is 6.17. The van der Waals surface area contributed by atoms with Gasteiger partial charge in [0.25, 0.3) is 0 Å². The van der Waals surface area contributed by atoms with Crippen LogP contribution in [0.4, 0.5) is 0 Å². The number of hydrogen-bond donors (Lipinski definition) is 0. The van der Waals surface area contributed by atoms with E-state index in [0.717, 1.165) is 11.3 Å². The molecule has 3 aromatic rings. The summed E-state index contributed by atoms with van der Waals surface area (Å²) < 4.78 is 1.67. The molecule has 0 N–H and O–H groups in total. The molecule has 0 unspecified atom stereocenters. The molecule has 18 heavy (non-hydrogen) atoms. The molecule has 88 valence electrons. The lowest BCUT2D eigenvalue weighted by molar-refractivity contribution is 0.791. The molecule has 0 atom stereocenters. The van der Waals surface area contributed by atoms with Crippen LogP contribution in [0.15, 0.2) is 54.6 Å². The minimum Gasteiger partial charge on any atom is -0.193 e. The van der Waals surface area contributed by atoms with Gasteiger partial charge in [-0.15, -0.1) is 5.10 Å². The SMILES string of the molecule is Clc1ccccc1-c1nnnn1-c1ccccc1. The highest BCUT2D eigenvalue weighted by atomic mass is 35.5. The van der Waals surface area contributed by atoms with E-state index in [1.165, 1.54) is 0 Å². The van der Waals surface area contributed by atoms with Crippen LogP contribution in [-0.2, 0) is 0 Å². The molecule has 0 aliphatic heterocycles. The molecular weight excluding hydrogens is 248 g/mol. The van der Waals surface area contributed by atoms with Gasteiger partial charge in [0, 0.05) is 5.56 Å². The zero-order chi connectivity index (χ0) is 12.4. The molecule has 0 saturated heterocycles. The summed E-state index contributed by atoms with van der Waals surface area (Å²) in [5.41, 5.74) is 1.71. The van der Waals surface area contributed by atoms with Crippen molar-refractivity contribution in [1.82, 2.24) is 20.2 Å². The van der Waals surface area contributed by atoms with Crippen molar-refractivity contribution < 1.29 is 0 Å². The Balaban J connectivity index is 2.16. The van der Waals surface area contributed by atoms with Gasteiger partial charge >= 0.3 is 0 Å². The third-order valence-corrected chi connectivity index (χ3v) is 2.91. The van der Waals surface area contributed by atoms with Crippen molar-refractivity contribution in [2.75, 3.05) is 0 Å². The lowest BCUT2D eigenvalue weighted by Crippen LogP contribution is -1.99. The van der Waals surface area contributed by atoms with E-state index in [1.54, 1.807) is 4.68 Å². The Morgan fingerprint density at radius 2 is 1.61 bits per heavy atom. The summed E-state index contributed by atoms with van der Waals surface area (Å²) in [6, 6.07) is 17.2. The van der Waals surface area contributed by atoms with Crippen molar-refractivity contribution in [2.45, 2.75) is 0 Å². The average Bonchev–Trinajstić information content (AvgIpc) is 2.89. The molecule has 0 fully saturated rings. The van der Waals surface area contributed by atoms with Crippen molar-refractivity contribution in [3.63, 3.8) is 0 Å². The molecule has 0 spiro atoms. The fraction of sp³-hybridized carbons (Fsp3) is 0. The van der Waals surface area contributed by atoms with Crippen LogP contribution >= 0.6 is 11.6 Å². The lowest BCUT2D eigenvalue weighted by atomic mass is 10.2. The summed E-state index contributed by atoms with van der Waals surface area (Å²) >= 11 is 6.17. The van der Waals surface area contributed by atoms with Crippen LogP contribution < -0.4 is 0 Å². The standard InChI is InChI=1S/C13H9ClN4/c14-12-9-5-4-8-11(12)13-15-16-17-18(13)10-6-2-1-3-7-10/h1-9H. The van der Waals surface area contributed by atoms with Crippen LogP contribution in [0.1, 0.15) is 0 Å². The molecular formula is C13H9ClN4. The molecule has 0 bridgehead atoms. The molecule has 4 nitrogen and oxygen atoms in total. The van der Waals surface area contributed by atoms with Gasteiger partial charge in [-0.25, -0.2) is 0 Å². The maximum atomic E-state index is 6.17. The number of para-hydroxylation sites is 1. The van der Waals surface area contributed by atoms with Crippen LogP contribution in [0.5, 0.6) is 0 Å². The van der Waals surface area contributed by atoms with Crippen molar-refractivity contribution in [1.29, 1.82) is 0 Å². The Kier molecular flexibility index (Phi) is 2.78. The van der Waals surface area contributed by atoms with Gasteiger partial charge in [0.15, 0.2) is 5.82 Å². The number of tetrazole rings is 1. The van der Waals surface area contributed by atoms with Crippen molar-refractivity contribution >= 4 is 11.6 Å². The second-order valence-corrected chi connectivity index (χ2v) is 4.14. The van der Waals surface area contributed by atoms with Crippen molar-refractivity contribution in [2.24, 2.45) is 0 Å². The predicted octanol–water partition coefficient (Wildman–Crippen LogP) is 2.98. The molecule has 0 radical (unpaired) electrons. The number of aromatic nitrogens is 4. The van der Waals surface area contributed by atoms with E-state index >= 15 is 0 Å². The first-order valence-corrected chi connectivity index (χ1v) is 5.83. The van der Waals surface area contributed by atoms with E-state index in [2.05, 4.69) is 15.5 Å². The fourth-order valence-electron chi connectivity index (χ4n) is 1.74. The molecule has 2 aromatic carbocycles. The summed E-state index contributed by atoms with van der Waals surface area (Å²) in [4.78, 5) is 0. The maximum Gasteiger partial charge on any atom is 0.188 e. The topological polar surface area (TPSA) is 43.6 Å². The van der Waals surface area contributed by atoms with Gasteiger partial charge in [0.1, 0.15) is 0 Å². The Morgan fingerprint density at radius 1 is 0.889 bits per heavy atom. The summed E-state index contributed by atoms with van der Waals surface area (Å²) in [6.07, 6.45) is 0. The van der Waals surface area contributed by atoms with Crippen molar-refractivity contribution in [3.05, 3.63) is 59.6 Å². The number of rotatable bonds is 2. The first kappa shape index (κ1) is 10.9. The largest absolute Gasteiger partial charge is 0.193 e. The number of nitrogens with zero attached hydrogens (tertiary/aromatic N) is 4. The minimum atomic E-state index is 0.629. The molecule has 1 heterocycles. The van der Waals surface area contributed by atoms with Gasteiger partial charge in [-0.05, 0) is 34.7 Å². The molecule has 1 aromatic heterocycles. The summed E-state index contributed by atoms with van der Waals surface area (Å²) in [5, 5.41) is 12.4. The molecule has 0 saturated carbocycles. The molecule has 0 amide bonds. The average molecular weight is 257 g/mol. The quantitative estimate of drug-likeness (QED) is 0.708. The number of halogens is 1.